The number of rotatable bonds is 8. The van der Waals surface area contributed by atoms with Crippen molar-refractivity contribution in [2.24, 2.45) is 0 Å². The lowest BCUT2D eigenvalue weighted by Gasteiger charge is -2.25. The summed E-state index contributed by atoms with van der Waals surface area (Å²) in [7, 11) is -15.8. The van der Waals surface area contributed by atoms with Crippen molar-refractivity contribution in [3.05, 3.63) is 22.7 Å². The third-order valence-corrected chi connectivity index (χ3v) is 4.86. The van der Waals surface area contributed by atoms with Gasteiger partial charge in [0.1, 0.15) is 24.1 Å². The van der Waals surface area contributed by atoms with E-state index in [-0.39, 0.29) is 5.82 Å². The van der Waals surface area contributed by atoms with E-state index < -0.39 is 60.3 Å². The molecule has 20 heteroatoms. The zero-order valence-corrected chi connectivity index (χ0v) is 16.6. The number of nitrogens with two attached hydrogens (primary N) is 1. The van der Waals surface area contributed by atoms with Gasteiger partial charge in [0.2, 0.25) is 0 Å². The Kier molecular flexibility index (Phi) is 7.20. The SMILES string of the molecule is Nc1ccn([C@@H]2O[C@H](COP(=O)(O)O)[C@@H](OP(=O)(O)O)[C@@H]2OP(=O)(O)O)c(=O)n1. The quantitative estimate of drug-likeness (QED) is 0.193. The molecular weight excluding hydrogens is 467 g/mol. The average molecular weight is 483 g/mol. The molecule has 0 unspecified atom stereocenters. The molecule has 1 saturated heterocycles. The molecule has 0 bridgehead atoms. The van der Waals surface area contributed by atoms with Crippen LogP contribution in [0, 0.1) is 0 Å². The Morgan fingerprint density at radius 2 is 1.59 bits per heavy atom. The van der Waals surface area contributed by atoms with E-state index >= 15 is 0 Å². The number of hydrogen-bond acceptors (Lipinski definition) is 10. The van der Waals surface area contributed by atoms with Gasteiger partial charge >= 0.3 is 29.2 Å². The summed E-state index contributed by atoms with van der Waals surface area (Å²) in [5, 5.41) is 0. The first-order valence-electron chi connectivity index (χ1n) is 7.24. The van der Waals surface area contributed by atoms with Crippen molar-refractivity contribution in [2.45, 2.75) is 24.5 Å². The largest absolute Gasteiger partial charge is 0.470 e. The molecule has 17 nitrogen and oxygen atoms in total. The van der Waals surface area contributed by atoms with Crippen LogP contribution in [0.5, 0.6) is 0 Å². The van der Waals surface area contributed by atoms with Crippen molar-refractivity contribution < 1.29 is 61.4 Å². The molecule has 4 atom stereocenters. The summed E-state index contributed by atoms with van der Waals surface area (Å²) in [4.78, 5) is 69.4. The predicted molar refractivity (Wildman–Crippen MR) is 88.6 cm³/mol. The van der Waals surface area contributed by atoms with Crippen LogP contribution in [0.25, 0.3) is 0 Å². The number of hydrogen-bond donors (Lipinski definition) is 7. The Labute approximate surface area is 160 Å². The Hall–Kier alpha value is -1.03. The molecule has 2 heterocycles. The fourth-order valence-corrected chi connectivity index (χ4v) is 3.87. The molecule has 0 spiro atoms. The van der Waals surface area contributed by atoms with Gasteiger partial charge in [0.25, 0.3) is 0 Å². The zero-order chi connectivity index (χ0) is 22.2. The van der Waals surface area contributed by atoms with E-state index in [1.807, 2.05) is 0 Å². The van der Waals surface area contributed by atoms with Crippen molar-refractivity contribution in [1.29, 1.82) is 0 Å². The second kappa shape index (κ2) is 8.61. The van der Waals surface area contributed by atoms with Crippen molar-refractivity contribution >= 4 is 29.3 Å². The Morgan fingerprint density at radius 3 is 2.07 bits per heavy atom. The second-order valence-electron chi connectivity index (χ2n) is 5.51. The van der Waals surface area contributed by atoms with E-state index in [4.69, 9.17) is 39.8 Å². The van der Waals surface area contributed by atoms with Crippen molar-refractivity contribution in [1.82, 2.24) is 9.55 Å². The molecule has 0 amide bonds. The molecule has 1 aliphatic heterocycles. The summed E-state index contributed by atoms with van der Waals surface area (Å²) < 4.78 is 52.5. The minimum atomic E-state index is -5.35. The normalized spacial score (nSPS) is 26.0. The van der Waals surface area contributed by atoms with E-state index in [0.29, 0.717) is 4.57 Å². The second-order valence-corrected chi connectivity index (χ2v) is 9.14. The van der Waals surface area contributed by atoms with E-state index in [1.54, 1.807) is 0 Å². The monoisotopic (exact) mass is 483 g/mol. The van der Waals surface area contributed by atoms with Crippen LogP contribution in [0.4, 0.5) is 5.82 Å². The Balaban J connectivity index is 2.49. The summed E-state index contributed by atoms with van der Waals surface area (Å²) in [6.45, 7) is -1.05. The van der Waals surface area contributed by atoms with Gasteiger partial charge in [-0.1, -0.05) is 0 Å². The number of phosphoric acid groups is 3. The Morgan fingerprint density at radius 1 is 1.03 bits per heavy atom. The van der Waals surface area contributed by atoms with Gasteiger partial charge in [-0.3, -0.25) is 18.1 Å². The molecule has 1 fully saturated rings. The smallest absolute Gasteiger partial charge is 0.383 e. The predicted octanol–water partition coefficient (Wildman–Crippen LogP) is -2.21. The van der Waals surface area contributed by atoms with Crippen LogP contribution in [-0.2, 0) is 32.0 Å². The molecular formula is C9H16N3O14P3. The molecule has 0 aliphatic carbocycles. The standard InChI is InChI=1S/C9H16N3O14P3/c10-5-1-2-12(9(13)11-5)8-7(26-29(20,21)22)6(25-28(17,18)19)4(24-8)3-23-27(14,15)16/h1-2,4,6-8H,3H2,(H2,10,11,13)(H2,14,15,16)(H2,17,18,19)(H2,20,21,22)/t4-,6-,7+,8-/m1/s1. The molecule has 8 N–H and O–H groups in total. The third-order valence-electron chi connectivity index (χ3n) is 3.34. The fourth-order valence-electron chi connectivity index (χ4n) is 2.41. The van der Waals surface area contributed by atoms with Gasteiger partial charge in [-0.15, -0.1) is 0 Å². The maximum atomic E-state index is 12.0. The number of aromatic nitrogens is 2. The number of nitrogen functional groups attached to an aromatic ring is 1. The minimum absolute atomic E-state index is 0.221. The van der Waals surface area contributed by atoms with Crippen molar-refractivity contribution in [3.8, 4) is 0 Å². The van der Waals surface area contributed by atoms with Crippen LogP contribution in [0.15, 0.2) is 17.1 Å². The summed E-state index contributed by atoms with van der Waals surface area (Å²) in [5.41, 5.74) is 4.24. The van der Waals surface area contributed by atoms with Gasteiger partial charge < -0.3 is 39.8 Å². The first-order chi connectivity index (χ1) is 13.1. The number of nitrogens with zero attached hydrogens (tertiary/aromatic N) is 2. The highest BCUT2D eigenvalue weighted by Crippen LogP contribution is 2.50. The minimum Gasteiger partial charge on any atom is -0.383 e. The highest BCUT2D eigenvalue weighted by molar-refractivity contribution is 7.46. The highest BCUT2D eigenvalue weighted by atomic mass is 31.2. The van der Waals surface area contributed by atoms with Crippen LogP contribution in [-0.4, -0.2) is 63.8 Å². The number of phosphoric ester groups is 3. The van der Waals surface area contributed by atoms with E-state index in [2.05, 4.69) is 18.6 Å². The maximum absolute atomic E-state index is 12.0. The van der Waals surface area contributed by atoms with Gasteiger partial charge in [-0.25, -0.2) is 18.5 Å². The zero-order valence-electron chi connectivity index (χ0n) is 13.9. The highest BCUT2D eigenvalue weighted by Gasteiger charge is 2.53. The number of ether oxygens (including phenoxy) is 1. The molecule has 0 aromatic carbocycles. The van der Waals surface area contributed by atoms with Gasteiger partial charge in [0.05, 0.1) is 6.61 Å². The lowest BCUT2D eigenvalue weighted by molar-refractivity contribution is -0.0533. The topological polar surface area (TPSA) is 270 Å². The summed E-state index contributed by atoms with van der Waals surface area (Å²) in [5.74, 6) is -0.221. The van der Waals surface area contributed by atoms with Crippen LogP contribution >= 0.6 is 23.5 Å². The van der Waals surface area contributed by atoms with Crippen molar-refractivity contribution in [2.75, 3.05) is 12.3 Å². The summed E-state index contributed by atoms with van der Waals surface area (Å²) in [6.07, 6.45) is -6.65. The first kappa shape index (κ1) is 24.2. The first-order valence-corrected chi connectivity index (χ1v) is 11.8. The van der Waals surface area contributed by atoms with E-state index in [1.165, 1.54) is 0 Å². The average Bonchev–Trinajstić information content (AvgIpc) is 2.79. The van der Waals surface area contributed by atoms with Gasteiger partial charge in [-0.2, -0.15) is 4.98 Å². The lowest BCUT2D eigenvalue weighted by atomic mass is 10.1. The molecule has 29 heavy (non-hydrogen) atoms. The molecule has 166 valence electrons. The van der Waals surface area contributed by atoms with Gasteiger partial charge in [0, 0.05) is 6.20 Å². The van der Waals surface area contributed by atoms with E-state index in [9.17, 15) is 18.5 Å². The molecule has 1 aromatic heterocycles. The fraction of sp³-hybridized carbons (Fsp3) is 0.556. The Bertz CT molecular complexity index is 934. The molecule has 1 aromatic rings. The van der Waals surface area contributed by atoms with Crippen molar-refractivity contribution in [3.63, 3.8) is 0 Å². The molecule has 1 aliphatic rings. The maximum Gasteiger partial charge on any atom is 0.470 e. The van der Waals surface area contributed by atoms with Gasteiger partial charge in [0.15, 0.2) is 6.23 Å². The van der Waals surface area contributed by atoms with Crippen LogP contribution < -0.4 is 11.4 Å². The molecule has 0 radical (unpaired) electrons. The van der Waals surface area contributed by atoms with Crippen LogP contribution in [0.2, 0.25) is 0 Å². The number of anilines is 1. The third kappa shape index (κ3) is 7.31. The van der Waals surface area contributed by atoms with E-state index in [0.717, 1.165) is 12.3 Å². The molecule has 2 rings (SSSR count). The van der Waals surface area contributed by atoms with Gasteiger partial charge in [-0.05, 0) is 6.07 Å². The lowest BCUT2D eigenvalue weighted by Crippen LogP contribution is -2.39. The summed E-state index contributed by atoms with van der Waals surface area (Å²) in [6, 6.07) is 1.09. The molecule has 0 saturated carbocycles. The van der Waals surface area contributed by atoms with Crippen LogP contribution in [0.3, 0.4) is 0 Å². The van der Waals surface area contributed by atoms with Crippen LogP contribution in [0.1, 0.15) is 6.23 Å². The summed E-state index contributed by atoms with van der Waals surface area (Å²) >= 11 is 0.